The Hall–Kier alpha value is -0.900. The van der Waals surface area contributed by atoms with Gasteiger partial charge in [0.2, 0.25) is 0 Å². The third kappa shape index (κ3) is 3.30. The number of aliphatic hydroxyl groups is 1. The van der Waals surface area contributed by atoms with E-state index in [4.69, 9.17) is 4.74 Å². The molecule has 3 atom stereocenters. The van der Waals surface area contributed by atoms with Crippen molar-refractivity contribution in [2.24, 2.45) is 11.8 Å². The number of carbonyl (C=O) groups excluding carboxylic acids is 2. The average molecular weight is 228 g/mol. The van der Waals surface area contributed by atoms with Crippen molar-refractivity contribution in [1.29, 1.82) is 0 Å². The van der Waals surface area contributed by atoms with Crippen LogP contribution in [0.25, 0.3) is 0 Å². The number of hydrogen-bond acceptors (Lipinski definition) is 4. The number of carbonyl (C=O) groups is 2. The maximum Gasteiger partial charge on any atom is 0.316 e. The molecule has 0 aliphatic heterocycles. The van der Waals surface area contributed by atoms with Crippen molar-refractivity contribution in [3.63, 3.8) is 0 Å². The first kappa shape index (κ1) is 13.2. The first-order chi connectivity index (χ1) is 7.56. The minimum absolute atomic E-state index is 0.0553. The van der Waals surface area contributed by atoms with Crippen LogP contribution >= 0.6 is 0 Å². The van der Waals surface area contributed by atoms with Crippen LogP contribution in [0, 0.1) is 11.8 Å². The summed E-state index contributed by atoms with van der Waals surface area (Å²) in [6.07, 6.45) is 2.61. The van der Waals surface area contributed by atoms with Gasteiger partial charge >= 0.3 is 5.97 Å². The molecule has 0 aromatic rings. The second-order valence-corrected chi connectivity index (χ2v) is 4.42. The number of hydrogen-bond donors (Lipinski definition) is 1. The second-order valence-electron chi connectivity index (χ2n) is 4.42. The van der Waals surface area contributed by atoms with E-state index in [9.17, 15) is 14.7 Å². The molecule has 4 heteroatoms. The van der Waals surface area contributed by atoms with Gasteiger partial charge in [0.15, 0.2) is 0 Å². The number of ketones is 1. The quantitative estimate of drug-likeness (QED) is 0.582. The van der Waals surface area contributed by atoms with Crippen LogP contribution in [-0.2, 0) is 14.3 Å². The van der Waals surface area contributed by atoms with Crippen molar-refractivity contribution in [1.82, 2.24) is 0 Å². The van der Waals surface area contributed by atoms with Gasteiger partial charge < -0.3 is 9.84 Å². The van der Waals surface area contributed by atoms with E-state index in [1.807, 2.05) is 0 Å². The number of Topliss-reactive ketones (excluding diaryl/α,β-unsaturated/α-hetero) is 1. The van der Waals surface area contributed by atoms with Crippen molar-refractivity contribution < 1.29 is 19.4 Å². The molecule has 1 aliphatic carbocycles. The summed E-state index contributed by atoms with van der Waals surface area (Å²) in [5.41, 5.74) is 0. The molecule has 0 bridgehead atoms. The summed E-state index contributed by atoms with van der Waals surface area (Å²) in [6.45, 7) is 3.44. The van der Waals surface area contributed by atoms with Gasteiger partial charge in [-0.25, -0.2) is 0 Å². The van der Waals surface area contributed by atoms with E-state index < -0.39 is 11.9 Å². The third-order valence-corrected chi connectivity index (χ3v) is 3.14. The van der Waals surface area contributed by atoms with E-state index in [1.54, 1.807) is 6.92 Å². The highest BCUT2D eigenvalue weighted by Gasteiger charge is 2.36. The Kier molecular flexibility index (Phi) is 4.93. The van der Waals surface area contributed by atoms with E-state index in [0.29, 0.717) is 6.42 Å². The van der Waals surface area contributed by atoms with Gasteiger partial charge in [0.25, 0.3) is 0 Å². The molecule has 3 unspecified atom stereocenters. The smallest absolute Gasteiger partial charge is 0.316 e. The zero-order chi connectivity index (χ0) is 12.1. The number of esters is 1. The molecule has 0 radical (unpaired) electrons. The Balaban J connectivity index is 2.68. The minimum Gasteiger partial charge on any atom is -0.465 e. The number of aliphatic hydroxyl groups excluding tert-OH is 1. The molecular weight excluding hydrogens is 208 g/mol. The van der Waals surface area contributed by atoms with Gasteiger partial charge in [0, 0.05) is 0 Å². The Morgan fingerprint density at radius 2 is 2.12 bits per heavy atom. The molecule has 1 N–H and O–H groups in total. The molecule has 1 saturated carbocycles. The molecule has 0 spiro atoms. The maximum atomic E-state index is 11.7. The van der Waals surface area contributed by atoms with Gasteiger partial charge in [0.05, 0.1) is 12.7 Å². The fourth-order valence-corrected chi connectivity index (χ4v) is 2.43. The van der Waals surface area contributed by atoms with Crippen molar-refractivity contribution >= 4 is 11.8 Å². The summed E-state index contributed by atoms with van der Waals surface area (Å²) in [5.74, 6) is -1.33. The highest BCUT2D eigenvalue weighted by Crippen LogP contribution is 2.31. The van der Waals surface area contributed by atoms with Gasteiger partial charge in [-0.3, -0.25) is 9.59 Å². The summed E-state index contributed by atoms with van der Waals surface area (Å²) in [5, 5.41) is 9.56. The molecule has 92 valence electrons. The molecule has 16 heavy (non-hydrogen) atoms. The largest absolute Gasteiger partial charge is 0.465 e. The summed E-state index contributed by atoms with van der Waals surface area (Å²) < 4.78 is 4.91. The molecule has 4 nitrogen and oxygen atoms in total. The SMILES string of the molecule is CCOC(=O)C(C(C)=O)C1CCCC(O)C1. The summed E-state index contributed by atoms with van der Waals surface area (Å²) in [6, 6.07) is 0. The zero-order valence-corrected chi connectivity index (χ0v) is 9.94. The minimum atomic E-state index is -0.685. The standard InChI is InChI=1S/C12H20O4/c1-3-16-12(15)11(8(2)13)9-5-4-6-10(14)7-9/h9-11,14H,3-7H2,1-2H3. The highest BCUT2D eigenvalue weighted by atomic mass is 16.5. The van der Waals surface area contributed by atoms with Crippen LogP contribution in [0.3, 0.4) is 0 Å². The van der Waals surface area contributed by atoms with Crippen LogP contribution in [0.2, 0.25) is 0 Å². The molecular formula is C12H20O4. The van der Waals surface area contributed by atoms with E-state index in [2.05, 4.69) is 0 Å². The zero-order valence-electron chi connectivity index (χ0n) is 9.94. The van der Waals surface area contributed by atoms with Gasteiger partial charge in [-0.05, 0) is 39.0 Å². The fraction of sp³-hybridized carbons (Fsp3) is 0.833. The summed E-state index contributed by atoms with van der Waals surface area (Å²) in [7, 11) is 0. The summed E-state index contributed by atoms with van der Waals surface area (Å²) in [4.78, 5) is 23.1. The monoisotopic (exact) mass is 228 g/mol. The Morgan fingerprint density at radius 3 is 2.62 bits per heavy atom. The van der Waals surface area contributed by atoms with Crippen molar-refractivity contribution in [3.05, 3.63) is 0 Å². The van der Waals surface area contributed by atoms with Gasteiger partial charge in [-0.2, -0.15) is 0 Å². The Labute approximate surface area is 96.0 Å². The fourth-order valence-electron chi connectivity index (χ4n) is 2.43. The highest BCUT2D eigenvalue weighted by molar-refractivity contribution is 5.98. The van der Waals surface area contributed by atoms with E-state index >= 15 is 0 Å². The Bertz CT molecular complexity index is 262. The summed E-state index contributed by atoms with van der Waals surface area (Å²) >= 11 is 0. The van der Waals surface area contributed by atoms with E-state index in [-0.39, 0.29) is 24.4 Å². The van der Waals surface area contributed by atoms with Gasteiger partial charge in [-0.1, -0.05) is 6.42 Å². The first-order valence-electron chi connectivity index (χ1n) is 5.91. The van der Waals surface area contributed by atoms with Crippen LogP contribution in [0.5, 0.6) is 0 Å². The maximum absolute atomic E-state index is 11.7. The van der Waals surface area contributed by atoms with Crippen LogP contribution in [0.1, 0.15) is 39.5 Å². The molecule has 0 heterocycles. The van der Waals surface area contributed by atoms with E-state index in [0.717, 1.165) is 19.3 Å². The van der Waals surface area contributed by atoms with Crippen LogP contribution < -0.4 is 0 Å². The molecule has 1 aliphatic rings. The van der Waals surface area contributed by atoms with Crippen molar-refractivity contribution in [3.8, 4) is 0 Å². The third-order valence-electron chi connectivity index (χ3n) is 3.14. The lowest BCUT2D eigenvalue weighted by atomic mass is 9.77. The van der Waals surface area contributed by atoms with Crippen molar-refractivity contribution in [2.45, 2.75) is 45.6 Å². The molecule has 0 aromatic heterocycles. The van der Waals surface area contributed by atoms with Gasteiger partial charge in [0.1, 0.15) is 11.7 Å². The number of rotatable bonds is 4. The molecule has 0 saturated heterocycles. The second kappa shape index (κ2) is 5.99. The number of ether oxygens (including phenoxy) is 1. The Morgan fingerprint density at radius 1 is 1.44 bits per heavy atom. The van der Waals surface area contributed by atoms with Crippen molar-refractivity contribution in [2.75, 3.05) is 6.61 Å². The van der Waals surface area contributed by atoms with Crippen LogP contribution in [-0.4, -0.2) is 29.6 Å². The van der Waals surface area contributed by atoms with Crippen LogP contribution in [0.4, 0.5) is 0 Å². The molecule has 0 amide bonds. The molecule has 0 aromatic carbocycles. The normalized spacial score (nSPS) is 27.2. The average Bonchev–Trinajstić information content (AvgIpc) is 2.17. The van der Waals surface area contributed by atoms with E-state index in [1.165, 1.54) is 6.92 Å². The molecule has 1 rings (SSSR count). The lowest BCUT2D eigenvalue weighted by molar-refractivity contribution is -0.154. The van der Waals surface area contributed by atoms with Crippen LogP contribution in [0.15, 0.2) is 0 Å². The van der Waals surface area contributed by atoms with Gasteiger partial charge in [-0.15, -0.1) is 0 Å². The molecule has 1 fully saturated rings. The predicted molar refractivity (Wildman–Crippen MR) is 58.8 cm³/mol. The first-order valence-corrected chi connectivity index (χ1v) is 5.91. The topological polar surface area (TPSA) is 63.6 Å². The predicted octanol–water partition coefficient (Wildman–Crippen LogP) is 1.31. The lowest BCUT2D eigenvalue weighted by Gasteiger charge is -2.29. The lowest BCUT2D eigenvalue weighted by Crippen LogP contribution is -2.35.